The number of fused-ring (bicyclic) bond motifs is 2. The lowest BCUT2D eigenvalue weighted by molar-refractivity contribution is -0.143. The number of aliphatic hydroxyl groups excluding tert-OH is 1. The third kappa shape index (κ3) is 7.37. The average Bonchev–Trinajstić information content (AvgIpc) is 3.90. The molecular formula is C42H44ClN7O5. The summed E-state index contributed by atoms with van der Waals surface area (Å²) in [5, 5.41) is 29.3. The summed E-state index contributed by atoms with van der Waals surface area (Å²) in [5.74, 6) is -0.166. The van der Waals surface area contributed by atoms with Crippen LogP contribution in [0.4, 0.5) is 5.69 Å². The van der Waals surface area contributed by atoms with Crippen molar-refractivity contribution in [2.24, 2.45) is 18.9 Å². The largest absolute Gasteiger partial charge is 0.481 e. The van der Waals surface area contributed by atoms with Gasteiger partial charge in [-0.05, 0) is 97.5 Å². The fourth-order valence-corrected chi connectivity index (χ4v) is 8.84. The number of nitrogens with zero attached hydrogens (tertiary/aromatic N) is 7. The van der Waals surface area contributed by atoms with Crippen molar-refractivity contribution in [1.29, 1.82) is 5.26 Å². The van der Waals surface area contributed by atoms with Gasteiger partial charge in [-0.1, -0.05) is 24.3 Å². The van der Waals surface area contributed by atoms with E-state index in [9.17, 15) is 25.1 Å². The number of hydrogen-bond acceptors (Lipinski definition) is 9. The van der Waals surface area contributed by atoms with Gasteiger partial charge in [-0.15, -0.1) is 0 Å². The highest BCUT2D eigenvalue weighted by Gasteiger charge is 2.31. The highest BCUT2D eigenvalue weighted by molar-refractivity contribution is 6.38. The summed E-state index contributed by atoms with van der Waals surface area (Å²) in [4.78, 5) is 39.4. The molecule has 1 aliphatic carbocycles. The maximum atomic E-state index is 13.9. The maximum Gasteiger partial charge on any atom is 0.308 e. The van der Waals surface area contributed by atoms with E-state index in [0.717, 1.165) is 102 Å². The molecule has 1 saturated carbocycles. The molecule has 284 valence electrons. The van der Waals surface area contributed by atoms with E-state index in [1.165, 1.54) is 0 Å². The van der Waals surface area contributed by atoms with Crippen LogP contribution in [0.15, 0.2) is 59.0 Å². The number of amides is 1. The molecule has 0 spiro atoms. The summed E-state index contributed by atoms with van der Waals surface area (Å²) in [7, 11) is 1.86. The first-order valence-corrected chi connectivity index (χ1v) is 19.3. The van der Waals surface area contributed by atoms with Gasteiger partial charge in [-0.3, -0.25) is 19.4 Å². The van der Waals surface area contributed by atoms with Crippen LogP contribution < -0.4 is 4.42 Å². The number of anilines is 1. The Kier molecular flexibility index (Phi) is 10.2. The first-order chi connectivity index (χ1) is 26.6. The van der Waals surface area contributed by atoms with Gasteiger partial charge in [-0.25, -0.2) is 14.4 Å². The number of β-amino-alcohol motifs (C(OH)–C–C–N with tert-alkyl or cyclic N) is 1. The average molecular weight is 762 g/mol. The van der Waals surface area contributed by atoms with Crippen molar-refractivity contribution in [3.8, 4) is 28.7 Å². The van der Waals surface area contributed by atoms with E-state index >= 15 is 0 Å². The van der Waals surface area contributed by atoms with Gasteiger partial charge in [-0.2, -0.15) is 5.26 Å². The molecule has 2 fully saturated rings. The highest BCUT2D eigenvalue weighted by atomic mass is 35.5. The number of aliphatic hydroxyl groups is 1. The van der Waals surface area contributed by atoms with Crippen molar-refractivity contribution < 1.29 is 24.2 Å². The third-order valence-corrected chi connectivity index (χ3v) is 12.0. The Morgan fingerprint density at radius 2 is 1.80 bits per heavy atom. The molecule has 2 N–H and O–H groups in total. The van der Waals surface area contributed by atoms with Crippen LogP contribution >= 0.6 is 11.8 Å². The molecule has 0 bridgehead atoms. The van der Waals surface area contributed by atoms with Crippen molar-refractivity contribution in [1.82, 2.24) is 24.3 Å². The number of oxazole rings is 1. The molecule has 2 aromatic heterocycles. The summed E-state index contributed by atoms with van der Waals surface area (Å²) in [5.41, 5.74) is 8.30. The quantitative estimate of drug-likeness (QED) is 0.156. The number of aromatic nitrogens is 3. The smallest absolute Gasteiger partial charge is 0.308 e. The minimum absolute atomic E-state index is 0.224. The Bertz CT molecular complexity index is 2320. The number of imidazole rings is 1. The number of rotatable bonds is 9. The Morgan fingerprint density at radius 3 is 2.55 bits per heavy atom. The molecule has 3 aliphatic rings. The number of carbonyl (C=O) groups excluding carboxylic acids is 1. The van der Waals surface area contributed by atoms with Crippen LogP contribution in [0.25, 0.3) is 33.7 Å². The number of aliphatic carboxylic acids is 1. The molecule has 55 heavy (non-hydrogen) atoms. The molecule has 8 rings (SSSR count). The van der Waals surface area contributed by atoms with E-state index in [2.05, 4.69) is 15.9 Å². The minimum atomic E-state index is -0.685. The van der Waals surface area contributed by atoms with Crippen LogP contribution in [0.3, 0.4) is 0 Å². The predicted octanol–water partition coefficient (Wildman–Crippen LogP) is 6.69. The lowest BCUT2D eigenvalue weighted by atomic mass is 9.81. The van der Waals surface area contributed by atoms with Crippen LogP contribution in [0.2, 0.25) is 0 Å². The number of benzene rings is 3. The number of hydrogen-bond donors (Lipinski definition) is 2. The van der Waals surface area contributed by atoms with Crippen LogP contribution in [0.5, 0.6) is 0 Å². The van der Waals surface area contributed by atoms with Crippen molar-refractivity contribution in [3.05, 3.63) is 88.5 Å². The number of halogens is 1. The van der Waals surface area contributed by atoms with Crippen LogP contribution in [0.1, 0.15) is 70.8 Å². The van der Waals surface area contributed by atoms with Crippen LogP contribution in [0, 0.1) is 30.1 Å². The zero-order valence-corrected chi connectivity index (χ0v) is 31.8. The molecule has 12 nitrogen and oxygen atoms in total. The summed E-state index contributed by atoms with van der Waals surface area (Å²) >= 11 is 6.80. The first-order valence-electron chi connectivity index (χ1n) is 19.0. The fourth-order valence-electron chi connectivity index (χ4n) is 8.66. The van der Waals surface area contributed by atoms with Crippen molar-refractivity contribution in [3.63, 3.8) is 0 Å². The van der Waals surface area contributed by atoms with E-state index in [4.69, 9.17) is 26.2 Å². The van der Waals surface area contributed by atoms with Gasteiger partial charge >= 0.3 is 11.9 Å². The second-order valence-electron chi connectivity index (χ2n) is 15.3. The number of nitriles is 1. The van der Waals surface area contributed by atoms with E-state index in [0.29, 0.717) is 53.8 Å². The lowest BCUT2D eigenvalue weighted by Gasteiger charge is -2.33. The van der Waals surface area contributed by atoms with Crippen molar-refractivity contribution in [2.45, 2.75) is 64.6 Å². The molecule has 5 aromatic rings. The standard InChI is InChI=1S/C42H44ClN7O5/c1-25-33(7-4-8-34(25)40-46-35-18-27(17-30(20-44)38(35)55-40)22-48-15-13-32(51)23-48)29-5-3-6-31(19-29)50(43)41(52)39-45-36-24-49(16-14-37(36)47(39)2)21-26-9-11-28(12-10-26)42(53)54/h3-8,17-19,26,28,32,51H,9-16,21-24H2,1-2H3,(H,53,54). The lowest BCUT2D eigenvalue weighted by Crippen LogP contribution is -2.36. The second-order valence-corrected chi connectivity index (χ2v) is 15.7. The zero-order chi connectivity index (χ0) is 38.4. The molecule has 1 atom stereocenters. The molecule has 13 heteroatoms. The molecule has 2 aliphatic heterocycles. The van der Waals surface area contributed by atoms with Gasteiger partial charge < -0.3 is 19.2 Å². The Hall–Kier alpha value is -5.06. The number of likely N-dealkylation sites (tertiary alicyclic amines) is 1. The zero-order valence-electron chi connectivity index (χ0n) is 31.0. The Morgan fingerprint density at radius 1 is 1.02 bits per heavy atom. The van der Waals surface area contributed by atoms with Gasteiger partial charge in [0.05, 0.1) is 29.0 Å². The van der Waals surface area contributed by atoms with Gasteiger partial charge in [0.15, 0.2) is 5.58 Å². The van der Waals surface area contributed by atoms with E-state index in [1.54, 1.807) is 6.07 Å². The molecule has 0 radical (unpaired) electrons. The summed E-state index contributed by atoms with van der Waals surface area (Å²) in [6, 6.07) is 19.4. The van der Waals surface area contributed by atoms with Crippen molar-refractivity contribution in [2.75, 3.05) is 30.6 Å². The van der Waals surface area contributed by atoms with Gasteiger partial charge in [0, 0.05) is 75.8 Å². The summed E-state index contributed by atoms with van der Waals surface area (Å²) in [6.45, 7) is 6.44. The topological polar surface area (TPSA) is 152 Å². The minimum Gasteiger partial charge on any atom is -0.481 e. The monoisotopic (exact) mass is 761 g/mol. The SMILES string of the molecule is Cc1c(-c2cccc(N(Cl)C(=O)c3nc4c(n3C)CCN(CC3CCC(C(=O)O)CC3)C4)c2)cccc1-c1nc2cc(CN3CCC(O)C3)cc(C#N)c2o1. The Balaban J connectivity index is 0.993. The van der Waals surface area contributed by atoms with Crippen LogP contribution in [-0.4, -0.2) is 78.7 Å². The molecule has 3 aromatic carbocycles. The van der Waals surface area contributed by atoms with E-state index < -0.39 is 11.9 Å². The molecule has 4 heterocycles. The highest BCUT2D eigenvalue weighted by Crippen LogP contribution is 2.36. The predicted molar refractivity (Wildman–Crippen MR) is 208 cm³/mol. The van der Waals surface area contributed by atoms with Crippen molar-refractivity contribution >= 4 is 40.4 Å². The summed E-state index contributed by atoms with van der Waals surface area (Å²) < 4.78 is 9.22. The number of carboxylic acid groups (broad SMARTS) is 1. The Labute approximate surface area is 324 Å². The van der Waals surface area contributed by atoms with Gasteiger partial charge in [0.1, 0.15) is 11.6 Å². The molecule has 1 saturated heterocycles. The molecule has 1 amide bonds. The number of carbonyl (C=O) groups is 2. The number of carboxylic acids is 1. The second kappa shape index (κ2) is 15.2. The van der Waals surface area contributed by atoms with E-state index in [-0.39, 0.29) is 17.8 Å². The summed E-state index contributed by atoms with van der Waals surface area (Å²) in [6.07, 6.45) is 4.49. The van der Waals surface area contributed by atoms with Crippen LogP contribution in [-0.2, 0) is 31.4 Å². The first kappa shape index (κ1) is 36.9. The van der Waals surface area contributed by atoms with Gasteiger partial charge in [0.2, 0.25) is 11.7 Å². The van der Waals surface area contributed by atoms with Gasteiger partial charge in [0.25, 0.3) is 0 Å². The third-order valence-electron chi connectivity index (χ3n) is 11.7. The fraction of sp³-hybridized carbons (Fsp3) is 0.405. The maximum absolute atomic E-state index is 13.9. The van der Waals surface area contributed by atoms with E-state index in [1.807, 2.05) is 67.1 Å². The normalized spacial score (nSPS) is 20.4. The molecule has 1 unspecified atom stereocenters. The molecular weight excluding hydrogens is 718 g/mol.